The lowest BCUT2D eigenvalue weighted by atomic mass is 10.2. The van der Waals surface area contributed by atoms with Gasteiger partial charge in [-0.05, 0) is 6.07 Å². The number of terminal acetylenes is 1. The zero-order valence-electron chi connectivity index (χ0n) is 10.0. The SMILES string of the molecule is C#CCSCCNc1cc(OC)ccc1[N+](=O)[O-]. The largest absolute Gasteiger partial charge is 0.497 e. The first kappa shape index (κ1) is 14.2. The van der Waals surface area contributed by atoms with Crippen LogP contribution in [0, 0.1) is 22.5 Å². The van der Waals surface area contributed by atoms with Crippen molar-refractivity contribution in [3.05, 3.63) is 28.3 Å². The number of ether oxygens (including phenoxy) is 1. The second-order valence-corrected chi connectivity index (χ2v) is 4.43. The molecular weight excluding hydrogens is 252 g/mol. The van der Waals surface area contributed by atoms with E-state index in [1.165, 1.54) is 13.2 Å². The summed E-state index contributed by atoms with van der Waals surface area (Å²) >= 11 is 1.60. The number of thioether (sulfide) groups is 1. The summed E-state index contributed by atoms with van der Waals surface area (Å²) in [5.74, 6) is 4.53. The maximum absolute atomic E-state index is 10.8. The molecule has 0 radical (unpaired) electrons. The second-order valence-electron chi connectivity index (χ2n) is 3.32. The number of nitro groups is 1. The quantitative estimate of drug-likeness (QED) is 0.355. The van der Waals surface area contributed by atoms with Crippen LogP contribution in [0.1, 0.15) is 0 Å². The first-order chi connectivity index (χ1) is 8.69. The minimum Gasteiger partial charge on any atom is -0.497 e. The van der Waals surface area contributed by atoms with Crippen LogP contribution in [0.4, 0.5) is 11.4 Å². The molecule has 6 heteroatoms. The van der Waals surface area contributed by atoms with Crippen LogP contribution in [-0.4, -0.2) is 30.1 Å². The Bertz CT molecular complexity index is 457. The molecule has 1 rings (SSSR count). The smallest absolute Gasteiger partial charge is 0.292 e. The monoisotopic (exact) mass is 266 g/mol. The van der Waals surface area contributed by atoms with Gasteiger partial charge in [0.05, 0.1) is 17.8 Å². The summed E-state index contributed by atoms with van der Waals surface area (Å²) in [6.45, 7) is 0.611. The van der Waals surface area contributed by atoms with Gasteiger partial charge in [0, 0.05) is 24.4 Å². The van der Waals surface area contributed by atoms with E-state index in [9.17, 15) is 10.1 Å². The molecule has 0 aromatic heterocycles. The van der Waals surface area contributed by atoms with Crippen LogP contribution in [0.3, 0.4) is 0 Å². The third-order valence-electron chi connectivity index (χ3n) is 2.15. The van der Waals surface area contributed by atoms with Gasteiger partial charge in [0.15, 0.2) is 0 Å². The Morgan fingerprint density at radius 3 is 3.00 bits per heavy atom. The van der Waals surface area contributed by atoms with Crippen molar-refractivity contribution in [1.29, 1.82) is 0 Å². The molecule has 18 heavy (non-hydrogen) atoms. The molecule has 0 aliphatic heterocycles. The predicted octanol–water partition coefficient (Wildman–Crippen LogP) is 2.38. The number of nitro benzene ring substituents is 1. The van der Waals surface area contributed by atoms with Gasteiger partial charge in [-0.15, -0.1) is 18.2 Å². The molecule has 0 aliphatic rings. The van der Waals surface area contributed by atoms with Gasteiger partial charge in [0.1, 0.15) is 11.4 Å². The van der Waals surface area contributed by atoms with Gasteiger partial charge in [-0.3, -0.25) is 10.1 Å². The molecule has 0 heterocycles. The summed E-state index contributed by atoms with van der Waals surface area (Å²) in [5.41, 5.74) is 0.499. The fraction of sp³-hybridized carbons (Fsp3) is 0.333. The molecule has 5 nitrogen and oxygen atoms in total. The summed E-state index contributed by atoms with van der Waals surface area (Å²) in [6, 6.07) is 4.61. The zero-order valence-corrected chi connectivity index (χ0v) is 10.8. The van der Waals surface area contributed by atoms with E-state index in [2.05, 4.69) is 11.2 Å². The van der Waals surface area contributed by atoms with E-state index in [0.29, 0.717) is 23.7 Å². The normalized spacial score (nSPS) is 9.56. The van der Waals surface area contributed by atoms with Crippen molar-refractivity contribution in [1.82, 2.24) is 0 Å². The fourth-order valence-corrected chi connectivity index (χ4v) is 1.84. The van der Waals surface area contributed by atoms with Crippen molar-refractivity contribution >= 4 is 23.1 Å². The van der Waals surface area contributed by atoms with Crippen LogP contribution in [0.5, 0.6) is 5.75 Å². The molecule has 0 saturated heterocycles. The van der Waals surface area contributed by atoms with Gasteiger partial charge < -0.3 is 10.1 Å². The Labute approximate surface area is 110 Å². The predicted molar refractivity (Wildman–Crippen MR) is 74.3 cm³/mol. The van der Waals surface area contributed by atoms with Gasteiger partial charge in [0.25, 0.3) is 5.69 Å². The lowest BCUT2D eigenvalue weighted by molar-refractivity contribution is -0.384. The van der Waals surface area contributed by atoms with E-state index in [-0.39, 0.29) is 5.69 Å². The van der Waals surface area contributed by atoms with Crippen molar-refractivity contribution in [3.8, 4) is 18.1 Å². The van der Waals surface area contributed by atoms with E-state index in [4.69, 9.17) is 11.2 Å². The number of hydrogen-bond donors (Lipinski definition) is 1. The number of hydrogen-bond acceptors (Lipinski definition) is 5. The highest BCUT2D eigenvalue weighted by molar-refractivity contribution is 7.99. The highest BCUT2D eigenvalue weighted by atomic mass is 32.2. The van der Waals surface area contributed by atoms with E-state index in [1.807, 2.05) is 0 Å². The van der Waals surface area contributed by atoms with Crippen LogP contribution in [0.2, 0.25) is 0 Å². The highest BCUT2D eigenvalue weighted by Crippen LogP contribution is 2.28. The van der Waals surface area contributed by atoms with Crippen molar-refractivity contribution in [2.45, 2.75) is 0 Å². The van der Waals surface area contributed by atoms with Crippen LogP contribution >= 0.6 is 11.8 Å². The summed E-state index contributed by atoms with van der Waals surface area (Å²) < 4.78 is 5.04. The molecule has 0 atom stereocenters. The summed E-state index contributed by atoms with van der Waals surface area (Å²) in [7, 11) is 1.52. The van der Waals surface area contributed by atoms with Crippen LogP contribution in [-0.2, 0) is 0 Å². The summed E-state index contributed by atoms with van der Waals surface area (Å²) in [4.78, 5) is 10.4. The third kappa shape index (κ3) is 4.18. The molecule has 1 N–H and O–H groups in total. The maximum Gasteiger partial charge on any atom is 0.292 e. The molecule has 96 valence electrons. The zero-order chi connectivity index (χ0) is 13.4. The lowest BCUT2D eigenvalue weighted by Gasteiger charge is -2.08. The summed E-state index contributed by atoms with van der Waals surface area (Å²) in [5, 5.41) is 13.9. The first-order valence-electron chi connectivity index (χ1n) is 5.26. The molecule has 0 spiro atoms. The Balaban J connectivity index is 2.66. The van der Waals surface area contributed by atoms with Crippen LogP contribution in [0.15, 0.2) is 18.2 Å². The topological polar surface area (TPSA) is 64.4 Å². The Hall–Kier alpha value is -1.87. The molecule has 0 fully saturated rings. The van der Waals surface area contributed by atoms with Gasteiger partial charge in [0.2, 0.25) is 0 Å². The molecule has 0 amide bonds. The molecule has 0 aliphatic carbocycles. The van der Waals surface area contributed by atoms with Crippen molar-refractivity contribution in [2.24, 2.45) is 0 Å². The number of nitrogens with one attached hydrogen (secondary N) is 1. The van der Waals surface area contributed by atoms with Gasteiger partial charge in [-0.25, -0.2) is 0 Å². The average molecular weight is 266 g/mol. The first-order valence-corrected chi connectivity index (χ1v) is 6.42. The fourth-order valence-electron chi connectivity index (χ4n) is 1.33. The van der Waals surface area contributed by atoms with Crippen molar-refractivity contribution in [2.75, 3.05) is 30.5 Å². The average Bonchev–Trinajstić information content (AvgIpc) is 2.38. The molecular formula is C12H14N2O3S. The van der Waals surface area contributed by atoms with Crippen molar-refractivity contribution in [3.63, 3.8) is 0 Å². The summed E-state index contributed by atoms with van der Waals surface area (Å²) in [6.07, 6.45) is 5.13. The van der Waals surface area contributed by atoms with Gasteiger partial charge >= 0.3 is 0 Å². The minimum atomic E-state index is -0.420. The minimum absolute atomic E-state index is 0.0396. The van der Waals surface area contributed by atoms with Gasteiger partial charge in [-0.1, -0.05) is 5.92 Å². The van der Waals surface area contributed by atoms with E-state index in [0.717, 1.165) is 5.75 Å². The maximum atomic E-state index is 10.8. The highest BCUT2D eigenvalue weighted by Gasteiger charge is 2.13. The molecule has 0 bridgehead atoms. The van der Waals surface area contributed by atoms with E-state index in [1.54, 1.807) is 23.9 Å². The van der Waals surface area contributed by atoms with Gasteiger partial charge in [-0.2, -0.15) is 0 Å². The number of rotatable bonds is 7. The molecule has 1 aromatic rings. The molecule has 0 unspecified atom stereocenters. The third-order valence-corrected chi connectivity index (χ3v) is 3.01. The van der Waals surface area contributed by atoms with Crippen molar-refractivity contribution < 1.29 is 9.66 Å². The number of methoxy groups -OCH3 is 1. The second kappa shape index (κ2) is 7.45. The number of anilines is 1. The Morgan fingerprint density at radius 1 is 1.61 bits per heavy atom. The van der Waals surface area contributed by atoms with E-state index < -0.39 is 4.92 Å². The number of nitrogens with zero attached hydrogens (tertiary/aromatic N) is 1. The molecule has 0 saturated carbocycles. The Kier molecular flexibility index (Phi) is 5.88. The number of benzene rings is 1. The lowest BCUT2D eigenvalue weighted by Crippen LogP contribution is -2.06. The molecule has 1 aromatic carbocycles. The van der Waals surface area contributed by atoms with Crippen LogP contribution in [0.25, 0.3) is 0 Å². The standard InChI is InChI=1S/C12H14N2O3S/c1-3-7-18-8-6-13-11-9-10(17-2)4-5-12(11)14(15)16/h1,4-5,9,13H,6-8H2,2H3. The van der Waals surface area contributed by atoms with Crippen LogP contribution < -0.4 is 10.1 Å². The van der Waals surface area contributed by atoms with E-state index >= 15 is 0 Å². The Morgan fingerprint density at radius 2 is 2.39 bits per heavy atom.